The van der Waals surface area contributed by atoms with Crippen molar-refractivity contribution in [2.45, 2.75) is 10.9 Å². The number of ether oxygens (including phenoxy) is 2. The predicted octanol–water partition coefficient (Wildman–Crippen LogP) is 4.10. The van der Waals surface area contributed by atoms with Gasteiger partial charge in [-0.3, -0.25) is 4.21 Å². The van der Waals surface area contributed by atoms with E-state index in [1.807, 2.05) is 54.6 Å². The Bertz CT molecular complexity index is 785. The molecule has 2 atom stereocenters. The summed E-state index contributed by atoms with van der Waals surface area (Å²) in [7, 11) is -1.01. The van der Waals surface area contributed by atoms with E-state index in [2.05, 4.69) is 36.4 Å². The van der Waals surface area contributed by atoms with Crippen LogP contribution in [0.15, 0.2) is 91.0 Å². The second-order valence-corrected chi connectivity index (χ2v) is 8.25. The van der Waals surface area contributed by atoms with E-state index in [1.54, 1.807) is 0 Å². The first-order chi connectivity index (χ1) is 13.3. The van der Waals surface area contributed by atoms with Crippen LogP contribution in [-0.2, 0) is 25.9 Å². The Hall–Kier alpha value is -2.27. The molecule has 0 spiro atoms. The first-order valence-electron chi connectivity index (χ1n) is 9.06. The van der Waals surface area contributed by atoms with Gasteiger partial charge in [0, 0.05) is 0 Å². The Morgan fingerprint density at radius 2 is 1.26 bits per heavy atom. The van der Waals surface area contributed by atoms with Crippen molar-refractivity contribution >= 4 is 10.8 Å². The maximum atomic E-state index is 12.2. The van der Waals surface area contributed by atoms with Gasteiger partial charge in [-0.2, -0.15) is 0 Å². The molecule has 0 aromatic heterocycles. The van der Waals surface area contributed by atoms with Crippen molar-refractivity contribution in [3.63, 3.8) is 0 Å². The van der Waals surface area contributed by atoms with Crippen LogP contribution in [0.25, 0.3) is 0 Å². The number of benzene rings is 3. The fraction of sp³-hybridized carbons (Fsp3) is 0.217. The Kier molecular flexibility index (Phi) is 5.48. The summed E-state index contributed by atoms with van der Waals surface area (Å²) in [5, 5.41) is -0.111. The van der Waals surface area contributed by atoms with Gasteiger partial charge in [0.05, 0.1) is 29.3 Å². The lowest BCUT2D eigenvalue weighted by atomic mass is 9.80. The molecule has 3 nitrogen and oxygen atoms in total. The summed E-state index contributed by atoms with van der Waals surface area (Å²) >= 11 is 0. The molecule has 27 heavy (non-hydrogen) atoms. The van der Waals surface area contributed by atoms with Gasteiger partial charge in [0.1, 0.15) is 11.5 Å². The normalized spacial score (nSPS) is 19.9. The van der Waals surface area contributed by atoms with Crippen molar-refractivity contribution in [1.29, 1.82) is 0 Å². The molecule has 1 heterocycles. The molecule has 2 unspecified atom stereocenters. The minimum absolute atomic E-state index is 0.111. The molecule has 138 valence electrons. The van der Waals surface area contributed by atoms with Crippen LogP contribution in [0.2, 0.25) is 0 Å². The topological polar surface area (TPSA) is 35.5 Å². The number of hydrogen-bond acceptors (Lipinski definition) is 3. The minimum Gasteiger partial charge on any atom is -0.367 e. The van der Waals surface area contributed by atoms with Gasteiger partial charge in [-0.15, -0.1) is 0 Å². The maximum absolute atomic E-state index is 12.2. The summed E-state index contributed by atoms with van der Waals surface area (Å²) in [6, 6.07) is 30.7. The monoisotopic (exact) mass is 378 g/mol. The Labute approximate surface area is 162 Å². The van der Waals surface area contributed by atoms with Gasteiger partial charge in [0.15, 0.2) is 0 Å². The standard InChI is InChI=1S/C23H22O3S/c24-27-18-25-16-22(27)17-26-23(19-10-4-1-5-11-19,20-12-6-2-7-13-20)21-14-8-3-9-15-21/h1-15,22H,16-18H2. The van der Waals surface area contributed by atoms with E-state index >= 15 is 0 Å². The maximum Gasteiger partial charge on any atom is 0.143 e. The number of rotatable bonds is 6. The van der Waals surface area contributed by atoms with Gasteiger partial charge in [-0.25, -0.2) is 0 Å². The van der Waals surface area contributed by atoms with Crippen LogP contribution in [0.1, 0.15) is 16.7 Å². The Morgan fingerprint density at radius 3 is 1.63 bits per heavy atom. The van der Waals surface area contributed by atoms with Crippen molar-refractivity contribution in [3.05, 3.63) is 108 Å². The van der Waals surface area contributed by atoms with Crippen LogP contribution >= 0.6 is 0 Å². The fourth-order valence-electron chi connectivity index (χ4n) is 3.54. The van der Waals surface area contributed by atoms with Crippen molar-refractivity contribution < 1.29 is 13.7 Å². The highest BCUT2D eigenvalue weighted by Gasteiger charge is 2.39. The molecule has 0 amide bonds. The molecule has 0 aliphatic carbocycles. The van der Waals surface area contributed by atoms with Gasteiger partial charge in [0.25, 0.3) is 0 Å². The highest BCUT2D eigenvalue weighted by atomic mass is 32.2. The Morgan fingerprint density at radius 1 is 0.815 bits per heavy atom. The average Bonchev–Trinajstić information content (AvgIpc) is 3.16. The van der Waals surface area contributed by atoms with Crippen molar-refractivity contribution in [2.75, 3.05) is 19.2 Å². The van der Waals surface area contributed by atoms with Crippen LogP contribution in [0.4, 0.5) is 0 Å². The minimum atomic E-state index is -1.01. The molecule has 3 aromatic carbocycles. The van der Waals surface area contributed by atoms with E-state index in [4.69, 9.17) is 9.47 Å². The third-order valence-electron chi connectivity index (χ3n) is 4.90. The zero-order chi connectivity index (χ0) is 18.5. The highest BCUT2D eigenvalue weighted by molar-refractivity contribution is 7.85. The van der Waals surface area contributed by atoms with E-state index in [-0.39, 0.29) is 5.25 Å². The zero-order valence-electron chi connectivity index (χ0n) is 15.0. The quantitative estimate of drug-likeness (QED) is 0.606. The first kappa shape index (κ1) is 18.1. The lowest BCUT2D eigenvalue weighted by Gasteiger charge is -2.36. The molecule has 4 rings (SSSR count). The van der Waals surface area contributed by atoms with E-state index in [1.165, 1.54) is 0 Å². The third-order valence-corrected chi connectivity index (χ3v) is 6.32. The van der Waals surface area contributed by atoms with E-state index < -0.39 is 16.4 Å². The smallest absolute Gasteiger partial charge is 0.143 e. The van der Waals surface area contributed by atoms with Crippen LogP contribution in [0.5, 0.6) is 0 Å². The van der Waals surface area contributed by atoms with Crippen molar-refractivity contribution in [2.24, 2.45) is 0 Å². The van der Waals surface area contributed by atoms with Gasteiger partial charge in [-0.1, -0.05) is 91.0 Å². The third kappa shape index (κ3) is 3.61. The van der Waals surface area contributed by atoms with Gasteiger partial charge < -0.3 is 9.47 Å². The summed E-state index contributed by atoms with van der Waals surface area (Å²) in [5.41, 5.74) is 2.38. The largest absolute Gasteiger partial charge is 0.367 e. The second kappa shape index (κ2) is 8.17. The zero-order valence-corrected chi connectivity index (χ0v) is 15.8. The molecule has 1 aliphatic heterocycles. The molecule has 0 radical (unpaired) electrons. The lowest BCUT2D eigenvalue weighted by Crippen LogP contribution is -2.36. The molecular weight excluding hydrogens is 356 g/mol. The van der Waals surface area contributed by atoms with Gasteiger partial charge in [-0.05, 0) is 16.7 Å². The summed E-state index contributed by atoms with van der Waals surface area (Å²) in [5.74, 6) is 0.295. The average molecular weight is 378 g/mol. The van der Waals surface area contributed by atoms with Gasteiger partial charge >= 0.3 is 0 Å². The molecule has 4 heteroatoms. The Balaban J connectivity index is 1.85. The molecule has 3 aromatic rings. The molecule has 1 saturated heterocycles. The van der Waals surface area contributed by atoms with Crippen LogP contribution in [-0.4, -0.2) is 28.6 Å². The second-order valence-electron chi connectivity index (χ2n) is 6.58. The van der Waals surface area contributed by atoms with Crippen LogP contribution in [0.3, 0.4) is 0 Å². The SMILES string of the molecule is O=S1COCC1COC(c1ccccc1)(c1ccccc1)c1ccccc1. The molecule has 1 aliphatic rings. The van der Waals surface area contributed by atoms with E-state index in [0.29, 0.717) is 19.2 Å². The summed E-state index contributed by atoms with van der Waals surface area (Å²) < 4.78 is 24.2. The van der Waals surface area contributed by atoms with E-state index in [9.17, 15) is 4.21 Å². The van der Waals surface area contributed by atoms with E-state index in [0.717, 1.165) is 16.7 Å². The first-order valence-corrected chi connectivity index (χ1v) is 10.4. The van der Waals surface area contributed by atoms with Crippen LogP contribution < -0.4 is 0 Å². The highest BCUT2D eigenvalue weighted by Crippen LogP contribution is 2.40. The molecular formula is C23H22O3S. The molecule has 0 bridgehead atoms. The summed E-state index contributed by atoms with van der Waals surface area (Å²) in [4.78, 5) is 0. The predicted molar refractivity (Wildman–Crippen MR) is 108 cm³/mol. The van der Waals surface area contributed by atoms with Crippen molar-refractivity contribution in [3.8, 4) is 0 Å². The van der Waals surface area contributed by atoms with Crippen LogP contribution in [0, 0.1) is 0 Å². The number of hydrogen-bond donors (Lipinski definition) is 0. The fourth-order valence-corrected chi connectivity index (χ4v) is 4.47. The summed E-state index contributed by atoms with van der Waals surface area (Å²) in [6.07, 6.45) is 0. The van der Waals surface area contributed by atoms with Gasteiger partial charge in [0.2, 0.25) is 0 Å². The lowest BCUT2D eigenvalue weighted by molar-refractivity contribution is 0.00834. The van der Waals surface area contributed by atoms with Crippen molar-refractivity contribution in [1.82, 2.24) is 0 Å². The molecule has 1 fully saturated rings. The molecule has 0 saturated carbocycles. The summed E-state index contributed by atoms with van der Waals surface area (Å²) in [6.45, 7) is 0.840. The molecule has 0 N–H and O–H groups in total.